The summed E-state index contributed by atoms with van der Waals surface area (Å²) in [5.74, 6) is -19.3. The van der Waals surface area contributed by atoms with Crippen LogP contribution in [-0.4, -0.2) is 125 Å². The molecule has 236 valence electrons. The maximum absolute atomic E-state index is 15.0. The molecule has 0 saturated carbocycles. The van der Waals surface area contributed by atoms with Crippen molar-refractivity contribution >= 4 is 31.3 Å². The Morgan fingerprint density at radius 3 is 2.27 bits per heavy atom. The van der Waals surface area contributed by atoms with Crippen molar-refractivity contribution in [3.63, 3.8) is 0 Å². The van der Waals surface area contributed by atoms with Gasteiger partial charge in [-0.3, -0.25) is 24.6 Å². The molecule has 0 bridgehead atoms. The topological polar surface area (TPSA) is 273 Å². The predicted octanol–water partition coefficient (Wildman–Crippen LogP) is -5.96. The van der Waals surface area contributed by atoms with E-state index in [2.05, 4.69) is 0 Å². The molecule has 0 aliphatic carbocycles. The van der Waals surface area contributed by atoms with Crippen molar-refractivity contribution < 1.29 is 69.5 Å². The Hall–Kier alpha value is -3.60. The smallest absolute Gasteiger partial charge is 0.288 e. The molecule has 44 heavy (non-hydrogen) atoms. The highest BCUT2D eigenvalue weighted by Gasteiger charge is 2.68. The van der Waals surface area contributed by atoms with Gasteiger partial charge in [0, 0.05) is 24.3 Å². The highest BCUT2D eigenvalue weighted by Crippen LogP contribution is 2.45. The summed E-state index contributed by atoms with van der Waals surface area (Å²) in [5.41, 5.74) is -6.63. The van der Waals surface area contributed by atoms with Crippen molar-refractivity contribution in [2.45, 2.75) is 35.1 Å². The fraction of sp³-hybridized carbons (Fsp3) is 0.400. The molecule has 3 heterocycles. The molecule has 2 atom stereocenters. The first-order valence-corrected chi connectivity index (χ1v) is 13.0. The van der Waals surface area contributed by atoms with Crippen LogP contribution in [0.15, 0.2) is 36.4 Å². The lowest BCUT2D eigenvalue weighted by atomic mass is 9.65. The Balaban J connectivity index is 1.53. The second-order valence-electron chi connectivity index (χ2n) is 10.8. The summed E-state index contributed by atoms with van der Waals surface area (Å²) in [6, 6.07) is 3.07. The van der Waals surface area contributed by atoms with E-state index in [9.17, 15) is 64.7 Å². The van der Waals surface area contributed by atoms with Crippen LogP contribution in [0.3, 0.4) is 0 Å². The molecule has 2 saturated heterocycles. The molecule has 2 fully saturated rings. The van der Waals surface area contributed by atoms with Crippen LogP contribution in [0.4, 0.5) is 10.1 Å². The van der Waals surface area contributed by atoms with Crippen molar-refractivity contribution in [2.75, 3.05) is 31.6 Å². The Morgan fingerprint density at radius 2 is 1.64 bits per heavy atom. The Labute approximate surface area is 247 Å². The fourth-order valence-corrected chi connectivity index (χ4v) is 5.51. The number of carbonyl (C=O) groups excluding carboxylic acids is 3. The number of benzene rings is 2. The van der Waals surface area contributed by atoms with E-state index in [4.69, 9.17) is 4.74 Å². The molecule has 0 radical (unpaired) electrons. The van der Waals surface area contributed by atoms with Crippen molar-refractivity contribution in [1.29, 1.82) is 0 Å². The first-order valence-electron chi connectivity index (χ1n) is 13.0. The number of nitrogens with zero attached hydrogens (tertiary/aromatic N) is 2. The van der Waals surface area contributed by atoms with Crippen LogP contribution in [-0.2, 0) is 32.1 Å². The molecule has 3 aliphatic heterocycles. The lowest BCUT2D eigenvalue weighted by molar-refractivity contribution is -0.295. The van der Waals surface area contributed by atoms with Crippen molar-refractivity contribution in [2.24, 2.45) is 0 Å². The number of halogens is 1. The van der Waals surface area contributed by atoms with E-state index in [1.54, 1.807) is 0 Å². The van der Waals surface area contributed by atoms with E-state index >= 15 is 0 Å². The van der Waals surface area contributed by atoms with E-state index in [-0.39, 0.29) is 36.8 Å². The quantitative estimate of drug-likeness (QED) is 0.0813. The standard InChI is InChI=1S/C25H28BFN4O13/c26-21(35)17(18(32)28-20(34)22(21,36)37)31-19(33)12-2-1-3-15(16(12)25(31,42)43)29-23(38,39)13-10-11(4-5-14(13)27)24(40,41)30-6-8-44-9-7-30/h1-5,10,17,29,35-43H,6-9,26H2,(H,28,32,34). The van der Waals surface area contributed by atoms with Gasteiger partial charge in [-0.2, -0.15) is 0 Å². The third kappa shape index (κ3) is 4.66. The molecule has 17 nitrogen and oxygen atoms in total. The van der Waals surface area contributed by atoms with E-state index in [0.717, 1.165) is 36.4 Å². The van der Waals surface area contributed by atoms with Gasteiger partial charge in [0.15, 0.2) is 7.85 Å². The van der Waals surface area contributed by atoms with Gasteiger partial charge in [0.25, 0.3) is 41.2 Å². The third-order valence-corrected chi connectivity index (χ3v) is 7.97. The molecule has 0 spiro atoms. The van der Waals surface area contributed by atoms with Crippen molar-refractivity contribution in [3.05, 3.63) is 64.5 Å². The van der Waals surface area contributed by atoms with E-state index in [0.29, 0.717) is 7.85 Å². The van der Waals surface area contributed by atoms with Crippen molar-refractivity contribution in [1.82, 2.24) is 15.1 Å². The van der Waals surface area contributed by atoms with Crippen LogP contribution in [0.1, 0.15) is 27.0 Å². The number of amides is 3. The molecule has 3 amide bonds. The number of aliphatic hydroxyl groups is 9. The summed E-state index contributed by atoms with van der Waals surface area (Å²) >= 11 is 0. The average Bonchev–Trinajstić information content (AvgIpc) is 3.14. The molecule has 2 unspecified atom stereocenters. The molecule has 11 N–H and O–H groups in total. The number of rotatable bonds is 6. The lowest BCUT2D eigenvalue weighted by Gasteiger charge is -2.49. The van der Waals surface area contributed by atoms with Crippen LogP contribution in [0, 0.1) is 5.82 Å². The maximum Gasteiger partial charge on any atom is 0.288 e. The molecule has 19 heteroatoms. The minimum atomic E-state index is -3.69. The average molecular weight is 622 g/mol. The molecular weight excluding hydrogens is 594 g/mol. The minimum absolute atomic E-state index is 0.0579. The van der Waals surface area contributed by atoms with Gasteiger partial charge in [0.1, 0.15) is 17.4 Å². The molecule has 2 aromatic carbocycles. The number of piperidine rings is 1. The zero-order valence-electron chi connectivity index (χ0n) is 22.8. The van der Waals surface area contributed by atoms with Crippen LogP contribution in [0.25, 0.3) is 0 Å². The van der Waals surface area contributed by atoms with Gasteiger partial charge < -0.3 is 56.0 Å². The van der Waals surface area contributed by atoms with Crippen LogP contribution < -0.4 is 10.6 Å². The number of nitrogens with one attached hydrogen (secondary N) is 2. The van der Waals surface area contributed by atoms with Gasteiger partial charge in [-0.1, -0.05) is 6.07 Å². The number of carbonyl (C=O) groups is 3. The highest BCUT2D eigenvalue weighted by atomic mass is 19.1. The fourth-order valence-electron chi connectivity index (χ4n) is 5.51. The number of imide groups is 1. The summed E-state index contributed by atoms with van der Waals surface area (Å²) in [5, 5.41) is 101. The summed E-state index contributed by atoms with van der Waals surface area (Å²) in [6.45, 7) is 0.468. The number of morpholine rings is 1. The largest absolute Gasteiger partial charge is 0.390 e. The third-order valence-electron chi connectivity index (χ3n) is 7.97. The maximum atomic E-state index is 15.0. The molecular formula is C25H28BFN4O13. The van der Waals surface area contributed by atoms with Gasteiger partial charge >= 0.3 is 0 Å². The number of hydrogen-bond donors (Lipinski definition) is 11. The van der Waals surface area contributed by atoms with Gasteiger partial charge in [0.05, 0.1) is 29.9 Å². The van der Waals surface area contributed by atoms with Gasteiger partial charge in [-0.25, -0.2) is 9.29 Å². The van der Waals surface area contributed by atoms with Gasteiger partial charge in [0.2, 0.25) is 0 Å². The number of fused-ring (bicyclic) bond motifs is 1. The Morgan fingerprint density at radius 1 is 1.00 bits per heavy atom. The van der Waals surface area contributed by atoms with Crippen LogP contribution in [0.5, 0.6) is 0 Å². The molecule has 2 aromatic rings. The lowest BCUT2D eigenvalue weighted by Crippen LogP contribution is -2.80. The second-order valence-corrected chi connectivity index (χ2v) is 10.8. The zero-order chi connectivity index (χ0) is 32.6. The zero-order valence-corrected chi connectivity index (χ0v) is 22.8. The van der Waals surface area contributed by atoms with Crippen LogP contribution >= 0.6 is 0 Å². The summed E-state index contributed by atoms with van der Waals surface area (Å²) in [7, 11) is 0.585. The van der Waals surface area contributed by atoms with E-state index in [1.807, 2.05) is 5.32 Å². The summed E-state index contributed by atoms with van der Waals surface area (Å²) in [4.78, 5) is 39.2. The van der Waals surface area contributed by atoms with Gasteiger partial charge in [-0.15, -0.1) is 0 Å². The number of hydrogen-bond acceptors (Lipinski definition) is 15. The predicted molar refractivity (Wildman–Crippen MR) is 141 cm³/mol. The number of anilines is 1. The summed E-state index contributed by atoms with van der Waals surface area (Å²) in [6.07, 6.45) is 0. The second kappa shape index (κ2) is 10.2. The first-order chi connectivity index (χ1) is 20.3. The van der Waals surface area contributed by atoms with E-state index in [1.165, 1.54) is 10.2 Å². The SMILES string of the molecule is BC1(O)C(N2C(=O)c3cccc(NC(O)(O)c4cc(C(O)(O)N5CCOCC5)ccc4F)c3C2(O)O)C(=O)NC(=O)C1(O)O. The minimum Gasteiger partial charge on any atom is -0.390 e. The molecule has 5 rings (SSSR count). The summed E-state index contributed by atoms with van der Waals surface area (Å²) < 4.78 is 20.1. The molecule has 0 aromatic heterocycles. The van der Waals surface area contributed by atoms with Crippen LogP contribution in [0.2, 0.25) is 0 Å². The van der Waals surface area contributed by atoms with Crippen molar-refractivity contribution in [3.8, 4) is 0 Å². The Bertz CT molecular complexity index is 1540. The normalized spacial score (nSPS) is 25.5. The highest BCUT2D eigenvalue weighted by molar-refractivity contribution is 6.24. The first kappa shape index (κ1) is 31.8. The molecule has 3 aliphatic rings. The van der Waals surface area contributed by atoms with E-state index < -0.39 is 81.0 Å². The monoisotopic (exact) mass is 622 g/mol. The number of ether oxygens (including phenoxy) is 1. The Kier molecular flexibility index (Phi) is 7.39. The van der Waals surface area contributed by atoms with Gasteiger partial charge in [-0.05, 0) is 30.3 Å².